The Bertz CT molecular complexity index is 417. The maximum Gasteiger partial charge on any atom is 0.101 e. The summed E-state index contributed by atoms with van der Waals surface area (Å²) in [5.41, 5.74) is 7.63. The maximum absolute atomic E-state index is 9.08. The summed E-state index contributed by atoms with van der Waals surface area (Å²) in [5.74, 6) is 0. The highest BCUT2D eigenvalue weighted by molar-refractivity contribution is 9.10. The molecule has 0 bridgehead atoms. The quantitative estimate of drug-likeness (QED) is 0.858. The monoisotopic (exact) mass is 279 g/mol. The first kappa shape index (κ1) is 11.4. The Hall–Kier alpha value is -1.05. The van der Waals surface area contributed by atoms with E-state index >= 15 is 0 Å². The summed E-state index contributed by atoms with van der Waals surface area (Å²) < 4.78 is 1.01. The van der Waals surface area contributed by atoms with Gasteiger partial charge in [-0.25, -0.2) is 0 Å². The molecule has 0 atom stereocenters. The molecule has 0 spiro atoms. The van der Waals surface area contributed by atoms with Crippen molar-refractivity contribution in [3.05, 3.63) is 28.2 Å². The highest BCUT2D eigenvalue weighted by Gasteiger charge is 2.18. The minimum atomic E-state index is 0.314. The van der Waals surface area contributed by atoms with Crippen molar-refractivity contribution in [1.82, 2.24) is 0 Å². The van der Waals surface area contributed by atoms with Gasteiger partial charge in [0.2, 0.25) is 0 Å². The normalized spacial score (nSPS) is 17.2. The summed E-state index contributed by atoms with van der Waals surface area (Å²) in [7, 11) is 0. The third-order valence-electron chi connectivity index (χ3n) is 2.96. The van der Waals surface area contributed by atoms with Gasteiger partial charge in [-0.3, -0.25) is 0 Å². The number of nitrogens with zero attached hydrogens (tertiary/aromatic N) is 2. The smallest absolute Gasteiger partial charge is 0.101 e. The van der Waals surface area contributed by atoms with Gasteiger partial charge in [-0.1, -0.05) is 15.9 Å². The number of anilines is 1. The molecule has 1 saturated heterocycles. The van der Waals surface area contributed by atoms with Crippen LogP contribution in [0.15, 0.2) is 22.7 Å². The zero-order chi connectivity index (χ0) is 11.5. The van der Waals surface area contributed by atoms with E-state index in [9.17, 15) is 0 Å². The Morgan fingerprint density at radius 3 is 2.69 bits per heavy atom. The first-order valence-electron chi connectivity index (χ1n) is 5.41. The van der Waals surface area contributed by atoms with Crippen molar-refractivity contribution in [3.8, 4) is 6.07 Å². The van der Waals surface area contributed by atoms with E-state index in [2.05, 4.69) is 26.9 Å². The molecule has 3 nitrogen and oxygen atoms in total. The summed E-state index contributed by atoms with van der Waals surface area (Å²) in [6.07, 6.45) is 1.99. The van der Waals surface area contributed by atoms with Crippen molar-refractivity contribution in [2.75, 3.05) is 18.0 Å². The summed E-state index contributed by atoms with van der Waals surface area (Å²) in [6, 6.07) is 8.32. The number of hydrogen-bond donors (Lipinski definition) is 1. The van der Waals surface area contributed by atoms with Crippen LogP contribution in [0, 0.1) is 11.3 Å². The van der Waals surface area contributed by atoms with Crippen molar-refractivity contribution >= 4 is 21.6 Å². The van der Waals surface area contributed by atoms with Crippen LogP contribution in [0.1, 0.15) is 18.4 Å². The topological polar surface area (TPSA) is 53.0 Å². The Balaban J connectivity index is 2.26. The lowest BCUT2D eigenvalue weighted by molar-refractivity contribution is 0.501. The molecule has 1 fully saturated rings. The Kier molecular flexibility index (Phi) is 3.47. The molecule has 0 saturated carbocycles. The minimum absolute atomic E-state index is 0.314. The lowest BCUT2D eigenvalue weighted by Crippen LogP contribution is -2.40. The van der Waals surface area contributed by atoms with Crippen LogP contribution in [0.25, 0.3) is 0 Å². The van der Waals surface area contributed by atoms with E-state index in [1.54, 1.807) is 0 Å². The Morgan fingerprint density at radius 1 is 1.38 bits per heavy atom. The summed E-state index contributed by atoms with van der Waals surface area (Å²) >= 11 is 3.44. The molecule has 1 aromatic carbocycles. The van der Waals surface area contributed by atoms with Crippen LogP contribution in [0.2, 0.25) is 0 Å². The lowest BCUT2D eigenvalue weighted by Gasteiger charge is -2.32. The first-order chi connectivity index (χ1) is 7.70. The van der Waals surface area contributed by atoms with E-state index in [-0.39, 0.29) is 0 Å². The lowest BCUT2D eigenvalue weighted by atomic mass is 10.0. The van der Waals surface area contributed by atoms with Gasteiger partial charge in [0.25, 0.3) is 0 Å². The third-order valence-corrected chi connectivity index (χ3v) is 3.45. The number of halogens is 1. The van der Waals surface area contributed by atoms with Crippen molar-refractivity contribution < 1.29 is 0 Å². The molecule has 0 aliphatic carbocycles. The SMILES string of the molecule is N#Cc1ccc(Br)cc1N1CCC(N)CC1. The van der Waals surface area contributed by atoms with Gasteiger partial charge in [0, 0.05) is 23.6 Å². The van der Waals surface area contributed by atoms with Gasteiger partial charge in [-0.05, 0) is 31.0 Å². The van der Waals surface area contributed by atoms with Crippen molar-refractivity contribution in [2.24, 2.45) is 5.73 Å². The summed E-state index contributed by atoms with van der Waals surface area (Å²) in [5, 5.41) is 9.08. The van der Waals surface area contributed by atoms with Crippen LogP contribution < -0.4 is 10.6 Å². The van der Waals surface area contributed by atoms with E-state index in [1.807, 2.05) is 18.2 Å². The number of benzene rings is 1. The first-order valence-corrected chi connectivity index (χ1v) is 6.20. The van der Waals surface area contributed by atoms with Gasteiger partial charge in [0.1, 0.15) is 6.07 Å². The van der Waals surface area contributed by atoms with E-state index in [0.29, 0.717) is 6.04 Å². The zero-order valence-electron chi connectivity index (χ0n) is 8.99. The molecule has 2 rings (SSSR count). The highest BCUT2D eigenvalue weighted by Crippen LogP contribution is 2.26. The predicted octanol–water partition coefficient (Wildman–Crippen LogP) is 2.25. The predicted molar refractivity (Wildman–Crippen MR) is 68.3 cm³/mol. The Labute approximate surface area is 104 Å². The molecule has 1 heterocycles. The van der Waals surface area contributed by atoms with Crippen LogP contribution >= 0.6 is 15.9 Å². The molecule has 0 aromatic heterocycles. The Morgan fingerprint density at radius 2 is 2.06 bits per heavy atom. The van der Waals surface area contributed by atoms with E-state index in [4.69, 9.17) is 11.0 Å². The number of hydrogen-bond acceptors (Lipinski definition) is 3. The number of rotatable bonds is 1. The van der Waals surface area contributed by atoms with Crippen molar-refractivity contribution in [3.63, 3.8) is 0 Å². The van der Waals surface area contributed by atoms with Crippen LogP contribution in [0.4, 0.5) is 5.69 Å². The molecule has 1 aliphatic heterocycles. The molecule has 0 radical (unpaired) electrons. The summed E-state index contributed by atoms with van der Waals surface area (Å²) in [6.45, 7) is 1.87. The zero-order valence-corrected chi connectivity index (χ0v) is 10.6. The second kappa shape index (κ2) is 4.86. The molecule has 0 unspecified atom stereocenters. The van der Waals surface area contributed by atoms with E-state index in [1.165, 1.54) is 0 Å². The molecule has 16 heavy (non-hydrogen) atoms. The largest absolute Gasteiger partial charge is 0.370 e. The average molecular weight is 280 g/mol. The van der Waals surface area contributed by atoms with Gasteiger partial charge < -0.3 is 10.6 Å². The van der Waals surface area contributed by atoms with Crippen molar-refractivity contribution in [1.29, 1.82) is 5.26 Å². The number of piperidine rings is 1. The van der Waals surface area contributed by atoms with Gasteiger partial charge in [-0.15, -0.1) is 0 Å². The second-order valence-corrected chi connectivity index (χ2v) is 5.01. The van der Waals surface area contributed by atoms with Crippen LogP contribution in [0.5, 0.6) is 0 Å². The van der Waals surface area contributed by atoms with Gasteiger partial charge >= 0.3 is 0 Å². The molecule has 1 aromatic rings. The van der Waals surface area contributed by atoms with Crippen LogP contribution in [-0.4, -0.2) is 19.1 Å². The number of nitriles is 1. The molecule has 2 N–H and O–H groups in total. The maximum atomic E-state index is 9.08. The van der Waals surface area contributed by atoms with Gasteiger partial charge in [0.05, 0.1) is 11.3 Å². The fourth-order valence-electron chi connectivity index (χ4n) is 2.00. The molecule has 0 amide bonds. The average Bonchev–Trinajstić information content (AvgIpc) is 2.30. The van der Waals surface area contributed by atoms with E-state index < -0.39 is 0 Å². The molecule has 1 aliphatic rings. The fourth-order valence-corrected chi connectivity index (χ4v) is 2.35. The number of nitrogens with two attached hydrogens (primary N) is 1. The summed E-state index contributed by atoms with van der Waals surface area (Å²) in [4.78, 5) is 2.24. The second-order valence-electron chi connectivity index (χ2n) is 4.10. The molecular weight excluding hydrogens is 266 g/mol. The molecule has 4 heteroatoms. The minimum Gasteiger partial charge on any atom is -0.370 e. The molecule has 84 valence electrons. The third kappa shape index (κ3) is 2.37. The van der Waals surface area contributed by atoms with Crippen LogP contribution in [-0.2, 0) is 0 Å². The highest BCUT2D eigenvalue weighted by atomic mass is 79.9. The van der Waals surface area contributed by atoms with Crippen molar-refractivity contribution in [2.45, 2.75) is 18.9 Å². The fraction of sp³-hybridized carbons (Fsp3) is 0.417. The van der Waals surface area contributed by atoms with Crippen LogP contribution in [0.3, 0.4) is 0 Å². The van der Waals surface area contributed by atoms with Gasteiger partial charge in [-0.2, -0.15) is 5.26 Å². The standard InChI is InChI=1S/C12H14BrN3/c13-10-2-1-9(8-14)12(7-10)16-5-3-11(15)4-6-16/h1-2,7,11H,3-6,15H2. The van der Waals surface area contributed by atoms with Gasteiger partial charge in [0.15, 0.2) is 0 Å². The molecular formula is C12H14BrN3. The van der Waals surface area contributed by atoms with E-state index in [0.717, 1.165) is 41.7 Å².